The third-order valence-corrected chi connectivity index (χ3v) is 5.80. The van der Waals surface area contributed by atoms with Crippen molar-refractivity contribution in [3.63, 3.8) is 0 Å². The number of alkyl halides is 3. The van der Waals surface area contributed by atoms with Gasteiger partial charge in [0.15, 0.2) is 11.5 Å². The highest BCUT2D eigenvalue weighted by atomic mass is 19.4. The summed E-state index contributed by atoms with van der Waals surface area (Å²) in [6.45, 7) is 0. The molecule has 0 atom stereocenters. The zero-order valence-corrected chi connectivity index (χ0v) is 18.7. The molecule has 2 heterocycles. The summed E-state index contributed by atoms with van der Waals surface area (Å²) in [7, 11) is 3.00. The molecule has 5 aromatic rings. The lowest BCUT2D eigenvalue weighted by Crippen LogP contribution is -2.06. The maximum atomic E-state index is 13.5. The lowest BCUT2D eigenvalue weighted by Gasteiger charge is -2.15. The number of hydrogen-bond acceptors (Lipinski definition) is 4. The van der Waals surface area contributed by atoms with Crippen LogP contribution in [0, 0.1) is 0 Å². The van der Waals surface area contributed by atoms with E-state index >= 15 is 0 Å². The van der Waals surface area contributed by atoms with Gasteiger partial charge in [-0.25, -0.2) is 0 Å². The second kappa shape index (κ2) is 8.43. The van der Waals surface area contributed by atoms with Crippen LogP contribution in [0.3, 0.4) is 0 Å². The molecule has 3 aromatic carbocycles. The Balaban J connectivity index is 1.87. The third kappa shape index (κ3) is 3.74. The van der Waals surface area contributed by atoms with E-state index in [4.69, 9.17) is 9.47 Å². The van der Waals surface area contributed by atoms with Gasteiger partial charge in [-0.2, -0.15) is 18.3 Å². The summed E-state index contributed by atoms with van der Waals surface area (Å²) in [5, 5.41) is 19.0. The summed E-state index contributed by atoms with van der Waals surface area (Å²) < 4.78 is 52.7. The fraction of sp³-hybridized carbons (Fsp3) is 0.115. The maximum Gasteiger partial charge on any atom is 0.416 e. The molecule has 6 nitrogen and oxygen atoms in total. The van der Waals surface area contributed by atoms with Crippen molar-refractivity contribution in [1.82, 2.24) is 14.8 Å². The Morgan fingerprint density at radius 2 is 1.60 bits per heavy atom. The molecule has 0 unspecified atom stereocenters. The van der Waals surface area contributed by atoms with E-state index in [0.29, 0.717) is 39.4 Å². The smallest absolute Gasteiger partial charge is 0.416 e. The first-order chi connectivity index (χ1) is 16.8. The molecule has 5 rings (SSSR count). The van der Waals surface area contributed by atoms with Crippen LogP contribution in [0.2, 0.25) is 0 Å². The molecular weight excluding hydrogens is 459 g/mol. The fourth-order valence-corrected chi connectivity index (χ4v) is 4.20. The monoisotopic (exact) mass is 479 g/mol. The fourth-order valence-electron chi connectivity index (χ4n) is 4.20. The minimum Gasteiger partial charge on any atom is -0.493 e. The van der Waals surface area contributed by atoms with Crippen molar-refractivity contribution in [3.8, 4) is 45.6 Å². The van der Waals surface area contributed by atoms with E-state index in [9.17, 15) is 18.3 Å². The Hall–Kier alpha value is -4.40. The number of nitrogens with zero attached hydrogens (tertiary/aromatic N) is 2. The molecule has 0 bridgehead atoms. The topological polar surface area (TPSA) is 72.3 Å². The van der Waals surface area contributed by atoms with Crippen LogP contribution in [0.15, 0.2) is 72.8 Å². The van der Waals surface area contributed by atoms with Crippen LogP contribution in [0.4, 0.5) is 13.2 Å². The van der Waals surface area contributed by atoms with Gasteiger partial charge in [-0.1, -0.05) is 36.4 Å². The van der Waals surface area contributed by atoms with Crippen molar-refractivity contribution >= 4 is 10.9 Å². The molecule has 0 radical (unpaired) electrons. The van der Waals surface area contributed by atoms with Crippen LogP contribution < -0.4 is 9.47 Å². The largest absolute Gasteiger partial charge is 0.493 e. The summed E-state index contributed by atoms with van der Waals surface area (Å²) in [5.41, 5.74) is 1.98. The van der Waals surface area contributed by atoms with Crippen LogP contribution in [0.25, 0.3) is 39.1 Å². The Labute approximate surface area is 198 Å². The van der Waals surface area contributed by atoms with E-state index in [-0.39, 0.29) is 11.6 Å². The minimum atomic E-state index is -4.54. The molecular formula is C26H20F3N3O3. The van der Waals surface area contributed by atoms with Crippen molar-refractivity contribution in [2.24, 2.45) is 0 Å². The molecule has 2 N–H and O–H groups in total. The maximum absolute atomic E-state index is 13.5. The summed E-state index contributed by atoms with van der Waals surface area (Å²) in [4.78, 5) is 0. The lowest BCUT2D eigenvalue weighted by atomic mass is 10.0. The Morgan fingerprint density at radius 1 is 0.857 bits per heavy atom. The average molecular weight is 479 g/mol. The van der Waals surface area contributed by atoms with E-state index in [1.807, 2.05) is 30.3 Å². The molecule has 0 saturated carbocycles. The van der Waals surface area contributed by atoms with E-state index in [0.717, 1.165) is 17.7 Å². The van der Waals surface area contributed by atoms with E-state index in [2.05, 4.69) is 10.2 Å². The number of aromatic nitrogens is 3. The molecule has 2 aromatic heterocycles. The zero-order valence-electron chi connectivity index (χ0n) is 18.7. The predicted molar refractivity (Wildman–Crippen MR) is 126 cm³/mol. The van der Waals surface area contributed by atoms with E-state index in [1.54, 1.807) is 18.2 Å². The highest BCUT2D eigenvalue weighted by Crippen LogP contribution is 2.45. The van der Waals surface area contributed by atoms with Crippen LogP contribution in [0.1, 0.15) is 5.56 Å². The average Bonchev–Trinajstić information content (AvgIpc) is 3.42. The molecule has 0 amide bonds. The summed E-state index contributed by atoms with van der Waals surface area (Å²) in [5.74, 6) is 0.655. The van der Waals surface area contributed by atoms with Gasteiger partial charge in [0.05, 0.1) is 30.9 Å². The molecule has 178 valence electrons. The third-order valence-electron chi connectivity index (χ3n) is 5.80. The highest BCUT2D eigenvalue weighted by molar-refractivity contribution is 6.07. The Morgan fingerprint density at radius 3 is 2.29 bits per heavy atom. The van der Waals surface area contributed by atoms with E-state index in [1.165, 1.54) is 30.9 Å². The molecule has 9 heteroatoms. The number of rotatable bonds is 5. The van der Waals surface area contributed by atoms with Gasteiger partial charge in [0.2, 0.25) is 5.88 Å². The SMILES string of the molecule is COc1ccc(-c2c3c(-c4ccccc4)n[nH]c3c(O)n2-c2cccc(C(F)(F)F)c2)cc1OC. The Bertz CT molecular complexity index is 1520. The van der Waals surface area contributed by atoms with Crippen LogP contribution in [-0.4, -0.2) is 34.1 Å². The number of aromatic hydroxyl groups is 1. The van der Waals surface area contributed by atoms with Gasteiger partial charge in [0.25, 0.3) is 0 Å². The van der Waals surface area contributed by atoms with Crippen LogP contribution >= 0.6 is 0 Å². The number of halogens is 3. The second-order valence-corrected chi connectivity index (χ2v) is 7.81. The first-order valence-electron chi connectivity index (χ1n) is 10.6. The number of ether oxygens (including phenoxy) is 2. The summed E-state index contributed by atoms with van der Waals surface area (Å²) >= 11 is 0. The van der Waals surface area contributed by atoms with Crippen LogP contribution in [-0.2, 0) is 6.18 Å². The number of benzene rings is 3. The number of H-pyrrole nitrogens is 1. The minimum absolute atomic E-state index is 0.144. The van der Waals surface area contributed by atoms with Gasteiger partial charge in [-0.15, -0.1) is 0 Å². The van der Waals surface area contributed by atoms with Crippen molar-refractivity contribution in [2.75, 3.05) is 14.2 Å². The van der Waals surface area contributed by atoms with Gasteiger partial charge in [-0.05, 0) is 36.4 Å². The number of fused-ring (bicyclic) bond motifs is 1. The standard InChI is InChI=1S/C26H20F3N3O3/c1-34-19-12-11-16(13-20(19)35-2)24-21-22(15-7-4-3-5-8-15)30-31-23(21)25(33)32(24)18-10-6-9-17(14-18)26(27,28)29/h3-14,31,33H,1-2H3. The van der Waals surface area contributed by atoms with Crippen molar-refractivity contribution in [2.45, 2.75) is 6.18 Å². The zero-order chi connectivity index (χ0) is 24.7. The molecule has 0 aliphatic heterocycles. The summed E-state index contributed by atoms with van der Waals surface area (Å²) in [6.07, 6.45) is -4.54. The number of nitrogens with one attached hydrogen (secondary N) is 1. The first-order valence-corrected chi connectivity index (χ1v) is 10.6. The second-order valence-electron chi connectivity index (χ2n) is 7.81. The molecule has 0 spiro atoms. The van der Waals surface area contributed by atoms with E-state index < -0.39 is 11.7 Å². The van der Waals surface area contributed by atoms with Gasteiger partial charge in [0, 0.05) is 16.8 Å². The first kappa shape index (κ1) is 22.4. The van der Waals surface area contributed by atoms with Gasteiger partial charge < -0.3 is 14.6 Å². The van der Waals surface area contributed by atoms with Gasteiger partial charge >= 0.3 is 6.18 Å². The predicted octanol–water partition coefficient (Wildman–Crippen LogP) is 6.43. The molecule has 0 aliphatic carbocycles. The van der Waals surface area contributed by atoms with Gasteiger partial charge in [0.1, 0.15) is 11.2 Å². The molecule has 35 heavy (non-hydrogen) atoms. The van der Waals surface area contributed by atoms with Crippen molar-refractivity contribution < 1.29 is 27.8 Å². The molecule has 0 fully saturated rings. The number of methoxy groups -OCH3 is 2. The number of hydrogen-bond donors (Lipinski definition) is 2. The van der Waals surface area contributed by atoms with Crippen molar-refractivity contribution in [1.29, 1.82) is 0 Å². The molecule has 0 saturated heterocycles. The summed E-state index contributed by atoms with van der Waals surface area (Å²) in [6, 6.07) is 19.3. The Kier molecular flexibility index (Phi) is 5.39. The normalized spacial score (nSPS) is 11.7. The molecule has 0 aliphatic rings. The number of aromatic amines is 1. The van der Waals surface area contributed by atoms with Crippen molar-refractivity contribution in [3.05, 3.63) is 78.4 Å². The van der Waals surface area contributed by atoms with Gasteiger partial charge in [-0.3, -0.25) is 9.67 Å². The highest BCUT2D eigenvalue weighted by Gasteiger charge is 2.32. The van der Waals surface area contributed by atoms with Crippen LogP contribution in [0.5, 0.6) is 17.4 Å². The lowest BCUT2D eigenvalue weighted by molar-refractivity contribution is -0.137. The quantitative estimate of drug-likeness (QED) is 0.305.